The molecule has 0 atom stereocenters. The van der Waals surface area contributed by atoms with Crippen LogP contribution in [0.2, 0.25) is 0 Å². The quantitative estimate of drug-likeness (QED) is 0.870. The van der Waals surface area contributed by atoms with Gasteiger partial charge in [-0.15, -0.1) is 0 Å². The number of nitrogens with zero attached hydrogens (tertiary/aromatic N) is 2. The summed E-state index contributed by atoms with van der Waals surface area (Å²) in [4.78, 5) is 14.5. The molecule has 0 saturated heterocycles. The summed E-state index contributed by atoms with van der Waals surface area (Å²) in [7, 11) is 2.05. The number of hydrogen-bond acceptors (Lipinski definition) is 4. The minimum Gasteiger partial charge on any atom is -0.361 e. The van der Waals surface area contributed by atoms with E-state index in [1.54, 1.807) is 6.07 Å². The lowest BCUT2D eigenvalue weighted by atomic mass is 9.81. The molecule has 1 rings (SSSR count). The second-order valence-electron chi connectivity index (χ2n) is 6.18. The number of carbonyl (C=O) groups is 1. The molecule has 0 radical (unpaired) electrons. The van der Waals surface area contributed by atoms with Gasteiger partial charge in [-0.2, -0.15) is 0 Å². The number of aryl methyl sites for hydroxylation is 1. The first kappa shape index (κ1) is 16.7. The van der Waals surface area contributed by atoms with Crippen LogP contribution in [0.3, 0.4) is 0 Å². The Morgan fingerprint density at radius 1 is 1.35 bits per heavy atom. The van der Waals surface area contributed by atoms with Crippen LogP contribution in [0.15, 0.2) is 10.6 Å². The molecule has 1 aromatic rings. The maximum atomic E-state index is 12.3. The minimum absolute atomic E-state index is 0.186. The molecule has 0 saturated carbocycles. The van der Waals surface area contributed by atoms with E-state index in [9.17, 15) is 4.79 Å². The van der Waals surface area contributed by atoms with E-state index in [2.05, 4.69) is 43.2 Å². The molecule has 20 heavy (non-hydrogen) atoms. The molecule has 0 bridgehead atoms. The average molecular weight is 281 g/mol. The molecule has 0 fully saturated rings. The fourth-order valence-corrected chi connectivity index (χ4v) is 1.96. The van der Waals surface area contributed by atoms with Gasteiger partial charge >= 0.3 is 0 Å². The molecule has 5 nitrogen and oxygen atoms in total. The number of nitrogens with one attached hydrogen (secondary N) is 1. The van der Waals surface area contributed by atoms with Crippen molar-refractivity contribution in [3.63, 3.8) is 0 Å². The van der Waals surface area contributed by atoms with E-state index >= 15 is 0 Å². The van der Waals surface area contributed by atoms with Gasteiger partial charge in [0.1, 0.15) is 5.76 Å². The van der Waals surface area contributed by atoms with E-state index in [0.29, 0.717) is 5.69 Å². The van der Waals surface area contributed by atoms with Crippen LogP contribution in [-0.4, -0.2) is 40.6 Å². The average Bonchev–Trinajstić information content (AvgIpc) is 2.85. The first-order valence-corrected chi connectivity index (χ1v) is 7.15. The van der Waals surface area contributed by atoms with Gasteiger partial charge in [-0.3, -0.25) is 9.69 Å². The highest BCUT2D eigenvalue weighted by molar-refractivity contribution is 5.92. The number of amides is 1. The zero-order valence-electron chi connectivity index (χ0n) is 13.7. The van der Waals surface area contributed by atoms with Crippen LogP contribution in [0.4, 0.5) is 0 Å². The summed E-state index contributed by atoms with van der Waals surface area (Å²) in [6.07, 6.45) is 0.730. The Hall–Kier alpha value is -1.36. The van der Waals surface area contributed by atoms with Crippen molar-refractivity contribution in [1.29, 1.82) is 0 Å². The second kappa shape index (κ2) is 5.95. The van der Waals surface area contributed by atoms with Gasteiger partial charge in [-0.1, -0.05) is 19.0 Å². The Bertz CT molecular complexity index is 463. The summed E-state index contributed by atoms with van der Waals surface area (Å²) < 4.78 is 5.08. The van der Waals surface area contributed by atoms with Crippen molar-refractivity contribution in [2.24, 2.45) is 0 Å². The zero-order valence-corrected chi connectivity index (χ0v) is 13.7. The first-order valence-electron chi connectivity index (χ1n) is 7.15. The Labute approximate surface area is 121 Å². The molecule has 1 aromatic heterocycles. The third-order valence-electron chi connectivity index (χ3n) is 4.52. The molecule has 0 spiro atoms. The summed E-state index contributed by atoms with van der Waals surface area (Å²) in [5.41, 5.74) is -0.251. The topological polar surface area (TPSA) is 58.4 Å². The lowest BCUT2D eigenvalue weighted by molar-refractivity contribution is 0.0549. The summed E-state index contributed by atoms with van der Waals surface area (Å²) in [6, 6.07) is 1.70. The molecule has 5 heteroatoms. The molecular weight excluding hydrogens is 254 g/mol. The third-order valence-corrected chi connectivity index (χ3v) is 4.52. The van der Waals surface area contributed by atoms with Crippen LogP contribution in [-0.2, 0) is 6.42 Å². The minimum atomic E-state index is -0.403. The highest BCUT2D eigenvalue weighted by Gasteiger charge is 2.41. The van der Waals surface area contributed by atoms with Crippen molar-refractivity contribution < 1.29 is 9.32 Å². The van der Waals surface area contributed by atoms with Crippen LogP contribution in [0.25, 0.3) is 0 Å². The molecule has 0 aliphatic carbocycles. The molecule has 0 unspecified atom stereocenters. The normalized spacial score (nSPS) is 12.8. The number of hydrogen-bond donors (Lipinski definition) is 1. The highest BCUT2D eigenvalue weighted by atomic mass is 16.5. The van der Waals surface area contributed by atoms with Crippen molar-refractivity contribution >= 4 is 5.91 Å². The Kier molecular flexibility index (Phi) is 4.97. The van der Waals surface area contributed by atoms with Gasteiger partial charge in [0.15, 0.2) is 5.69 Å². The van der Waals surface area contributed by atoms with Gasteiger partial charge in [0.05, 0.1) is 5.54 Å². The van der Waals surface area contributed by atoms with E-state index in [4.69, 9.17) is 4.52 Å². The monoisotopic (exact) mass is 281 g/mol. The lowest BCUT2D eigenvalue weighted by Gasteiger charge is -2.47. The van der Waals surface area contributed by atoms with Crippen LogP contribution in [0.5, 0.6) is 0 Å². The largest absolute Gasteiger partial charge is 0.361 e. The number of rotatable bonds is 6. The second-order valence-corrected chi connectivity index (χ2v) is 6.18. The smallest absolute Gasteiger partial charge is 0.273 e. The summed E-state index contributed by atoms with van der Waals surface area (Å²) in [5, 5.41) is 6.88. The lowest BCUT2D eigenvalue weighted by Crippen LogP contribution is -2.64. The first-order chi connectivity index (χ1) is 9.15. The van der Waals surface area contributed by atoms with Crippen LogP contribution < -0.4 is 5.32 Å². The third kappa shape index (κ3) is 3.20. The number of carbonyl (C=O) groups excluding carboxylic acids is 1. The zero-order chi connectivity index (χ0) is 15.6. The molecule has 1 heterocycles. The van der Waals surface area contributed by atoms with Gasteiger partial charge in [-0.25, -0.2) is 0 Å². The predicted molar refractivity (Wildman–Crippen MR) is 79.8 cm³/mol. The Morgan fingerprint density at radius 3 is 2.40 bits per heavy atom. The number of aromatic nitrogens is 1. The Balaban J connectivity index is 2.87. The van der Waals surface area contributed by atoms with Crippen LogP contribution in [0.1, 0.15) is 57.8 Å². The highest BCUT2D eigenvalue weighted by Crippen LogP contribution is 2.27. The standard InChI is InChI=1S/C15H27N3O2/c1-8-11-10-12(17-20-11)13(19)16-14(3,4)15(5,6)18(7)9-2/h10H,8-9H2,1-7H3,(H,16,19). The maximum Gasteiger partial charge on any atom is 0.273 e. The van der Waals surface area contributed by atoms with E-state index in [0.717, 1.165) is 18.7 Å². The van der Waals surface area contributed by atoms with E-state index < -0.39 is 5.54 Å². The molecular formula is C15H27N3O2. The molecule has 1 N–H and O–H groups in total. The van der Waals surface area contributed by atoms with Crippen molar-refractivity contribution in [3.8, 4) is 0 Å². The van der Waals surface area contributed by atoms with Gasteiger partial charge in [0, 0.05) is 18.0 Å². The molecule has 114 valence electrons. The van der Waals surface area contributed by atoms with Gasteiger partial charge in [-0.05, 0) is 41.3 Å². The molecule has 0 aliphatic heterocycles. The van der Waals surface area contributed by atoms with Gasteiger partial charge in [0.2, 0.25) is 0 Å². The molecule has 0 aliphatic rings. The van der Waals surface area contributed by atoms with Crippen molar-refractivity contribution in [3.05, 3.63) is 17.5 Å². The van der Waals surface area contributed by atoms with Crippen LogP contribution in [0, 0.1) is 0 Å². The van der Waals surface area contributed by atoms with E-state index in [1.165, 1.54) is 0 Å². The summed E-state index contributed by atoms with van der Waals surface area (Å²) in [5.74, 6) is 0.522. The van der Waals surface area contributed by atoms with E-state index in [-0.39, 0.29) is 11.4 Å². The summed E-state index contributed by atoms with van der Waals surface area (Å²) >= 11 is 0. The van der Waals surface area contributed by atoms with Crippen molar-refractivity contribution in [2.45, 2.75) is 59.0 Å². The van der Waals surface area contributed by atoms with Crippen molar-refractivity contribution in [2.75, 3.05) is 13.6 Å². The fraction of sp³-hybridized carbons (Fsp3) is 0.733. The molecule has 1 amide bonds. The Morgan fingerprint density at radius 2 is 1.95 bits per heavy atom. The maximum absolute atomic E-state index is 12.3. The predicted octanol–water partition coefficient (Wildman–Crippen LogP) is 2.48. The number of likely N-dealkylation sites (N-methyl/N-ethyl adjacent to an activating group) is 1. The van der Waals surface area contributed by atoms with Crippen molar-refractivity contribution in [1.82, 2.24) is 15.4 Å². The van der Waals surface area contributed by atoms with Gasteiger partial charge in [0.25, 0.3) is 5.91 Å². The SMILES string of the molecule is CCc1cc(C(=O)NC(C)(C)C(C)(C)N(C)CC)no1. The van der Waals surface area contributed by atoms with Gasteiger partial charge < -0.3 is 9.84 Å². The van der Waals surface area contributed by atoms with E-state index in [1.807, 2.05) is 20.8 Å². The summed E-state index contributed by atoms with van der Waals surface area (Å²) in [6.45, 7) is 13.3. The fourth-order valence-electron chi connectivity index (χ4n) is 1.96. The molecule has 0 aromatic carbocycles. The van der Waals surface area contributed by atoms with Crippen LogP contribution >= 0.6 is 0 Å².